The summed E-state index contributed by atoms with van der Waals surface area (Å²) in [6.07, 6.45) is 5.03. The Labute approximate surface area is 136 Å². The number of rotatable bonds is 4. The van der Waals surface area contributed by atoms with Gasteiger partial charge in [0.15, 0.2) is 0 Å². The third-order valence-electron chi connectivity index (χ3n) is 4.27. The second-order valence-electron chi connectivity index (χ2n) is 5.97. The van der Waals surface area contributed by atoms with Gasteiger partial charge < -0.3 is 11.1 Å². The number of likely N-dealkylation sites (tertiary alicyclic amines) is 1. The number of piperidine rings is 1. The predicted molar refractivity (Wildman–Crippen MR) is 90.9 cm³/mol. The largest absolute Gasteiger partial charge is 0.398 e. The van der Waals surface area contributed by atoms with E-state index in [1.54, 1.807) is 12.3 Å². The maximum Gasteiger partial charge on any atom is 0.255 e. The van der Waals surface area contributed by atoms with Crippen molar-refractivity contribution in [1.29, 1.82) is 0 Å². The van der Waals surface area contributed by atoms with E-state index in [-0.39, 0.29) is 11.9 Å². The molecule has 0 saturated carbocycles. The molecule has 0 unspecified atom stereocenters. The molecule has 0 atom stereocenters. The Balaban J connectivity index is 1.49. The van der Waals surface area contributed by atoms with E-state index in [0.29, 0.717) is 11.3 Å². The highest BCUT2D eigenvalue weighted by Gasteiger charge is 2.21. The van der Waals surface area contributed by atoms with Gasteiger partial charge in [0, 0.05) is 43.8 Å². The van der Waals surface area contributed by atoms with E-state index in [0.717, 1.165) is 32.5 Å². The van der Waals surface area contributed by atoms with Crippen LogP contribution in [0.3, 0.4) is 0 Å². The van der Waals surface area contributed by atoms with Crippen molar-refractivity contribution in [2.24, 2.45) is 0 Å². The second kappa shape index (κ2) is 7.24. The zero-order valence-electron chi connectivity index (χ0n) is 13.1. The molecule has 0 radical (unpaired) electrons. The third kappa shape index (κ3) is 4.07. The SMILES string of the molecule is Nc1ccncc1C(=O)NC1CCN(Cc2ccccc2)CC1. The third-order valence-corrected chi connectivity index (χ3v) is 4.27. The van der Waals surface area contributed by atoms with Gasteiger partial charge in [-0.3, -0.25) is 14.7 Å². The zero-order chi connectivity index (χ0) is 16.1. The van der Waals surface area contributed by atoms with Gasteiger partial charge in [0.2, 0.25) is 0 Å². The number of aromatic nitrogens is 1. The van der Waals surface area contributed by atoms with Crippen molar-refractivity contribution >= 4 is 11.6 Å². The number of carbonyl (C=O) groups excluding carboxylic acids is 1. The molecule has 3 N–H and O–H groups in total. The van der Waals surface area contributed by atoms with Crippen LogP contribution in [-0.4, -0.2) is 34.9 Å². The summed E-state index contributed by atoms with van der Waals surface area (Å²) in [6.45, 7) is 2.95. The molecule has 0 bridgehead atoms. The monoisotopic (exact) mass is 310 g/mol. The van der Waals surface area contributed by atoms with Crippen molar-refractivity contribution in [1.82, 2.24) is 15.2 Å². The molecule has 23 heavy (non-hydrogen) atoms. The predicted octanol–water partition coefficient (Wildman–Crippen LogP) is 2.06. The molecular weight excluding hydrogens is 288 g/mol. The fourth-order valence-corrected chi connectivity index (χ4v) is 2.94. The second-order valence-corrected chi connectivity index (χ2v) is 5.97. The van der Waals surface area contributed by atoms with Crippen molar-refractivity contribution in [3.63, 3.8) is 0 Å². The highest BCUT2D eigenvalue weighted by Crippen LogP contribution is 2.15. The van der Waals surface area contributed by atoms with Crippen LogP contribution in [-0.2, 0) is 6.54 Å². The fourth-order valence-electron chi connectivity index (χ4n) is 2.94. The minimum atomic E-state index is -0.128. The summed E-state index contributed by atoms with van der Waals surface area (Å²) in [5.74, 6) is -0.128. The number of nitrogens with one attached hydrogen (secondary N) is 1. The van der Waals surface area contributed by atoms with E-state index < -0.39 is 0 Å². The number of anilines is 1. The van der Waals surface area contributed by atoms with Crippen LogP contribution < -0.4 is 11.1 Å². The molecule has 1 saturated heterocycles. The lowest BCUT2D eigenvalue weighted by molar-refractivity contribution is 0.0909. The molecule has 2 heterocycles. The Morgan fingerprint density at radius 1 is 1.22 bits per heavy atom. The molecule has 1 aliphatic rings. The molecule has 120 valence electrons. The van der Waals surface area contributed by atoms with Crippen LogP contribution in [0.4, 0.5) is 5.69 Å². The van der Waals surface area contributed by atoms with Crippen LogP contribution in [0.1, 0.15) is 28.8 Å². The molecule has 5 nitrogen and oxygen atoms in total. The smallest absolute Gasteiger partial charge is 0.255 e. The number of pyridine rings is 1. The molecule has 5 heteroatoms. The molecular formula is C18H22N4O. The van der Waals surface area contributed by atoms with Crippen LogP contribution in [0.15, 0.2) is 48.8 Å². The van der Waals surface area contributed by atoms with Crippen molar-refractivity contribution in [3.8, 4) is 0 Å². The number of benzene rings is 1. The first-order chi connectivity index (χ1) is 11.2. The van der Waals surface area contributed by atoms with Crippen LogP contribution >= 0.6 is 0 Å². The maximum absolute atomic E-state index is 12.3. The molecule has 2 aromatic rings. The molecule has 0 aliphatic carbocycles. The Bertz CT molecular complexity index is 651. The summed E-state index contributed by atoms with van der Waals surface area (Å²) in [5.41, 5.74) is 8.09. The average molecular weight is 310 g/mol. The van der Waals surface area contributed by atoms with Gasteiger partial charge >= 0.3 is 0 Å². The van der Waals surface area contributed by atoms with E-state index in [2.05, 4.69) is 39.5 Å². The summed E-state index contributed by atoms with van der Waals surface area (Å²) in [6, 6.07) is 12.3. The van der Waals surface area contributed by atoms with Crippen molar-refractivity contribution in [3.05, 3.63) is 59.9 Å². The number of nitrogen functional groups attached to an aromatic ring is 1. The van der Waals surface area contributed by atoms with Crippen LogP contribution in [0.2, 0.25) is 0 Å². The first kappa shape index (κ1) is 15.5. The van der Waals surface area contributed by atoms with Gasteiger partial charge in [0.25, 0.3) is 5.91 Å². The highest BCUT2D eigenvalue weighted by molar-refractivity contribution is 5.98. The molecule has 1 aromatic carbocycles. The fraction of sp³-hybridized carbons (Fsp3) is 0.333. The number of carbonyl (C=O) groups is 1. The number of nitrogens with zero attached hydrogens (tertiary/aromatic N) is 2. The Hall–Kier alpha value is -2.40. The number of nitrogens with two attached hydrogens (primary N) is 1. The molecule has 1 amide bonds. The van der Waals surface area contributed by atoms with Crippen molar-refractivity contribution in [2.75, 3.05) is 18.8 Å². The Kier molecular flexibility index (Phi) is 4.88. The van der Waals surface area contributed by atoms with Crippen LogP contribution in [0.5, 0.6) is 0 Å². The van der Waals surface area contributed by atoms with Gasteiger partial charge in [-0.05, 0) is 24.5 Å². The molecule has 1 aliphatic heterocycles. The highest BCUT2D eigenvalue weighted by atomic mass is 16.1. The lowest BCUT2D eigenvalue weighted by Crippen LogP contribution is -2.44. The lowest BCUT2D eigenvalue weighted by Gasteiger charge is -2.32. The van der Waals surface area contributed by atoms with E-state index in [1.807, 2.05) is 6.07 Å². The Morgan fingerprint density at radius 2 is 1.96 bits per heavy atom. The average Bonchev–Trinajstić information content (AvgIpc) is 2.58. The van der Waals surface area contributed by atoms with Gasteiger partial charge in [0.05, 0.1) is 5.56 Å². The maximum atomic E-state index is 12.3. The van der Waals surface area contributed by atoms with Gasteiger partial charge in [-0.1, -0.05) is 30.3 Å². The van der Waals surface area contributed by atoms with Gasteiger partial charge in [-0.2, -0.15) is 0 Å². The normalized spacial score (nSPS) is 16.2. The standard InChI is InChI=1S/C18H22N4O/c19-17-6-9-20-12-16(17)18(23)21-15-7-10-22(11-8-15)13-14-4-2-1-3-5-14/h1-6,9,12,15H,7-8,10-11,13H2,(H2,19,20)(H,21,23). The first-order valence-electron chi connectivity index (χ1n) is 7.99. The first-order valence-corrected chi connectivity index (χ1v) is 7.99. The minimum absolute atomic E-state index is 0.128. The van der Waals surface area contributed by atoms with Crippen molar-refractivity contribution < 1.29 is 4.79 Å². The van der Waals surface area contributed by atoms with E-state index in [4.69, 9.17) is 5.73 Å². The number of hydrogen-bond donors (Lipinski definition) is 2. The summed E-state index contributed by atoms with van der Waals surface area (Å²) >= 11 is 0. The summed E-state index contributed by atoms with van der Waals surface area (Å²) < 4.78 is 0. The lowest BCUT2D eigenvalue weighted by atomic mass is 10.0. The minimum Gasteiger partial charge on any atom is -0.398 e. The zero-order valence-corrected chi connectivity index (χ0v) is 13.1. The molecule has 0 spiro atoms. The topological polar surface area (TPSA) is 71.2 Å². The Morgan fingerprint density at radius 3 is 2.65 bits per heavy atom. The van der Waals surface area contributed by atoms with Gasteiger partial charge in [-0.25, -0.2) is 0 Å². The quantitative estimate of drug-likeness (QED) is 0.907. The van der Waals surface area contributed by atoms with Crippen molar-refractivity contribution in [2.45, 2.75) is 25.4 Å². The van der Waals surface area contributed by atoms with E-state index in [9.17, 15) is 4.79 Å². The van der Waals surface area contributed by atoms with Gasteiger partial charge in [-0.15, -0.1) is 0 Å². The molecule has 3 rings (SSSR count). The van der Waals surface area contributed by atoms with E-state index >= 15 is 0 Å². The number of amides is 1. The summed E-state index contributed by atoms with van der Waals surface area (Å²) in [5, 5.41) is 3.07. The van der Waals surface area contributed by atoms with Crippen LogP contribution in [0.25, 0.3) is 0 Å². The van der Waals surface area contributed by atoms with Gasteiger partial charge in [0.1, 0.15) is 0 Å². The van der Waals surface area contributed by atoms with E-state index in [1.165, 1.54) is 11.8 Å². The molecule has 1 fully saturated rings. The summed E-state index contributed by atoms with van der Waals surface area (Å²) in [7, 11) is 0. The van der Waals surface area contributed by atoms with Crippen LogP contribution in [0, 0.1) is 0 Å². The molecule has 1 aromatic heterocycles. The number of hydrogen-bond acceptors (Lipinski definition) is 4. The summed E-state index contributed by atoms with van der Waals surface area (Å²) in [4.78, 5) is 18.7.